The molecule has 0 aliphatic heterocycles. The fourth-order valence-corrected chi connectivity index (χ4v) is 1.29. The van der Waals surface area contributed by atoms with Gasteiger partial charge in [0, 0.05) is 5.56 Å². The molecule has 2 heteroatoms. The Kier molecular flexibility index (Phi) is 2.69. The lowest BCUT2D eigenvalue weighted by atomic mass is 10.1. The van der Waals surface area contributed by atoms with E-state index in [4.69, 9.17) is 4.74 Å². The Morgan fingerprint density at radius 1 is 1.42 bits per heavy atom. The van der Waals surface area contributed by atoms with Crippen LogP contribution in [0.2, 0.25) is 0 Å². The summed E-state index contributed by atoms with van der Waals surface area (Å²) in [7, 11) is 1.57. The quantitative estimate of drug-likeness (QED) is 0.659. The average Bonchev–Trinajstić information content (AvgIpc) is 2.09. The van der Waals surface area contributed by atoms with E-state index in [9.17, 15) is 4.39 Å². The summed E-state index contributed by atoms with van der Waals surface area (Å²) in [6.07, 6.45) is 0.865. The van der Waals surface area contributed by atoms with Crippen molar-refractivity contribution in [3.8, 4) is 5.75 Å². The van der Waals surface area contributed by atoms with Gasteiger partial charge in [0.25, 0.3) is 0 Å². The Hall–Kier alpha value is -1.05. The lowest BCUT2D eigenvalue weighted by Crippen LogP contribution is -1.95. The molecule has 0 radical (unpaired) electrons. The number of aryl methyl sites for hydroxylation is 1. The summed E-state index contributed by atoms with van der Waals surface area (Å²) in [5.74, 6) is 0.474. The van der Waals surface area contributed by atoms with Crippen LogP contribution in [-0.4, -0.2) is 7.11 Å². The first-order chi connectivity index (χ1) is 5.70. The zero-order chi connectivity index (χ0) is 9.14. The minimum atomic E-state index is -0.205. The molecule has 1 aromatic carbocycles. The molecule has 0 N–H and O–H groups in total. The molecule has 0 aliphatic carbocycles. The summed E-state index contributed by atoms with van der Waals surface area (Å²) in [6, 6.07) is 3.25. The molecule has 0 aliphatic rings. The van der Waals surface area contributed by atoms with Crippen molar-refractivity contribution in [1.29, 1.82) is 0 Å². The molecule has 0 saturated heterocycles. The predicted molar refractivity (Wildman–Crippen MR) is 47.1 cm³/mol. The van der Waals surface area contributed by atoms with E-state index in [0.29, 0.717) is 11.3 Å². The van der Waals surface area contributed by atoms with Gasteiger partial charge < -0.3 is 4.74 Å². The van der Waals surface area contributed by atoms with Crippen LogP contribution >= 0.6 is 0 Å². The van der Waals surface area contributed by atoms with Gasteiger partial charge in [-0.2, -0.15) is 0 Å². The number of methoxy groups -OCH3 is 1. The molecule has 1 aromatic rings. The van der Waals surface area contributed by atoms with Crippen LogP contribution in [0.25, 0.3) is 0 Å². The topological polar surface area (TPSA) is 9.23 Å². The van der Waals surface area contributed by atoms with Gasteiger partial charge in [0.2, 0.25) is 0 Å². The van der Waals surface area contributed by atoms with Gasteiger partial charge >= 0.3 is 0 Å². The molecule has 0 fully saturated rings. The van der Waals surface area contributed by atoms with E-state index in [1.807, 2.05) is 6.92 Å². The zero-order valence-corrected chi connectivity index (χ0v) is 7.65. The summed E-state index contributed by atoms with van der Waals surface area (Å²) in [4.78, 5) is 0. The van der Waals surface area contributed by atoms with Crippen molar-refractivity contribution in [1.82, 2.24) is 0 Å². The Morgan fingerprint density at radius 3 is 2.58 bits per heavy atom. The van der Waals surface area contributed by atoms with Gasteiger partial charge in [-0.15, -0.1) is 0 Å². The number of ether oxygens (including phenoxy) is 1. The van der Waals surface area contributed by atoms with Crippen molar-refractivity contribution in [2.45, 2.75) is 20.3 Å². The minimum Gasteiger partial charge on any atom is -0.496 e. The molecule has 0 atom stereocenters. The summed E-state index contributed by atoms with van der Waals surface area (Å²) >= 11 is 0. The molecule has 12 heavy (non-hydrogen) atoms. The molecular formula is C10H13FO. The van der Waals surface area contributed by atoms with Gasteiger partial charge in [0.1, 0.15) is 11.6 Å². The molecule has 0 saturated carbocycles. The Balaban J connectivity index is 3.25. The maximum Gasteiger partial charge on any atom is 0.129 e. The lowest BCUT2D eigenvalue weighted by molar-refractivity contribution is 0.402. The Morgan fingerprint density at radius 2 is 2.08 bits per heavy atom. The predicted octanol–water partition coefficient (Wildman–Crippen LogP) is 2.71. The molecule has 0 heterocycles. The van der Waals surface area contributed by atoms with E-state index in [0.717, 1.165) is 12.0 Å². The third kappa shape index (κ3) is 1.42. The van der Waals surface area contributed by atoms with Gasteiger partial charge in [-0.05, 0) is 25.0 Å². The van der Waals surface area contributed by atoms with Gasteiger partial charge in [-0.25, -0.2) is 4.39 Å². The Bertz CT molecular complexity index is 281. The van der Waals surface area contributed by atoms with E-state index in [1.54, 1.807) is 20.1 Å². The Labute approximate surface area is 72.2 Å². The van der Waals surface area contributed by atoms with Crippen molar-refractivity contribution < 1.29 is 9.13 Å². The summed E-state index contributed by atoms with van der Waals surface area (Å²) in [5, 5.41) is 0. The first kappa shape index (κ1) is 9.04. The summed E-state index contributed by atoms with van der Waals surface area (Å²) < 4.78 is 18.1. The molecule has 66 valence electrons. The van der Waals surface area contributed by atoms with Crippen LogP contribution in [0.4, 0.5) is 4.39 Å². The van der Waals surface area contributed by atoms with E-state index in [1.165, 1.54) is 6.07 Å². The highest BCUT2D eigenvalue weighted by atomic mass is 19.1. The molecule has 1 rings (SSSR count). The lowest BCUT2D eigenvalue weighted by Gasteiger charge is -2.09. The summed E-state index contributed by atoms with van der Waals surface area (Å²) in [5.41, 5.74) is 1.65. The molecule has 0 amide bonds. The standard InChI is InChI=1S/C10H13FO/c1-4-8-5-6-9(11)7(2)10(8)12-3/h5-6H,4H2,1-3H3. The second-order valence-electron chi connectivity index (χ2n) is 2.72. The smallest absolute Gasteiger partial charge is 0.129 e. The second-order valence-corrected chi connectivity index (χ2v) is 2.72. The summed E-state index contributed by atoms with van der Waals surface area (Å²) in [6.45, 7) is 3.75. The fourth-order valence-electron chi connectivity index (χ4n) is 1.29. The fraction of sp³-hybridized carbons (Fsp3) is 0.400. The number of halogens is 1. The van der Waals surface area contributed by atoms with Crippen molar-refractivity contribution >= 4 is 0 Å². The van der Waals surface area contributed by atoms with Crippen LogP contribution in [0, 0.1) is 12.7 Å². The van der Waals surface area contributed by atoms with E-state index < -0.39 is 0 Å². The third-order valence-corrected chi connectivity index (χ3v) is 2.01. The van der Waals surface area contributed by atoms with Gasteiger partial charge in [0.05, 0.1) is 7.11 Å². The van der Waals surface area contributed by atoms with Crippen LogP contribution in [0.3, 0.4) is 0 Å². The van der Waals surface area contributed by atoms with E-state index in [2.05, 4.69) is 0 Å². The molecule has 0 spiro atoms. The number of benzene rings is 1. The van der Waals surface area contributed by atoms with Crippen LogP contribution in [0.1, 0.15) is 18.1 Å². The number of rotatable bonds is 2. The highest BCUT2D eigenvalue weighted by Gasteiger charge is 2.08. The molecule has 0 aromatic heterocycles. The average molecular weight is 168 g/mol. The van der Waals surface area contributed by atoms with E-state index >= 15 is 0 Å². The van der Waals surface area contributed by atoms with Crippen LogP contribution in [0.15, 0.2) is 12.1 Å². The van der Waals surface area contributed by atoms with Gasteiger partial charge in [-0.3, -0.25) is 0 Å². The minimum absolute atomic E-state index is 0.205. The molecule has 1 nitrogen and oxygen atoms in total. The maximum absolute atomic E-state index is 13.0. The van der Waals surface area contributed by atoms with Crippen molar-refractivity contribution in [2.24, 2.45) is 0 Å². The van der Waals surface area contributed by atoms with Crippen molar-refractivity contribution in [2.75, 3.05) is 7.11 Å². The zero-order valence-electron chi connectivity index (χ0n) is 7.65. The second kappa shape index (κ2) is 3.57. The van der Waals surface area contributed by atoms with Crippen LogP contribution in [0.5, 0.6) is 5.75 Å². The van der Waals surface area contributed by atoms with E-state index in [-0.39, 0.29) is 5.82 Å². The first-order valence-corrected chi connectivity index (χ1v) is 4.02. The maximum atomic E-state index is 13.0. The van der Waals surface area contributed by atoms with Crippen molar-refractivity contribution in [3.63, 3.8) is 0 Å². The normalized spacial score (nSPS) is 10.0. The van der Waals surface area contributed by atoms with Crippen LogP contribution < -0.4 is 4.74 Å². The molecular weight excluding hydrogens is 155 g/mol. The number of hydrogen-bond acceptors (Lipinski definition) is 1. The van der Waals surface area contributed by atoms with Gasteiger partial charge in [0.15, 0.2) is 0 Å². The largest absolute Gasteiger partial charge is 0.496 e. The van der Waals surface area contributed by atoms with Crippen LogP contribution in [-0.2, 0) is 6.42 Å². The van der Waals surface area contributed by atoms with Gasteiger partial charge in [-0.1, -0.05) is 13.0 Å². The highest BCUT2D eigenvalue weighted by Crippen LogP contribution is 2.25. The number of hydrogen-bond donors (Lipinski definition) is 0. The molecule has 0 unspecified atom stereocenters. The first-order valence-electron chi connectivity index (χ1n) is 4.02. The highest BCUT2D eigenvalue weighted by molar-refractivity contribution is 5.41. The molecule has 0 bridgehead atoms. The monoisotopic (exact) mass is 168 g/mol. The van der Waals surface area contributed by atoms with Crippen molar-refractivity contribution in [3.05, 3.63) is 29.1 Å². The SMILES string of the molecule is CCc1ccc(F)c(C)c1OC. The third-order valence-electron chi connectivity index (χ3n) is 2.01.